The van der Waals surface area contributed by atoms with Gasteiger partial charge in [-0.1, -0.05) is 45.4 Å². The van der Waals surface area contributed by atoms with E-state index >= 15 is 0 Å². The van der Waals surface area contributed by atoms with E-state index in [1.165, 1.54) is 57.8 Å². The third-order valence-electron chi connectivity index (χ3n) is 5.86. The quantitative estimate of drug-likeness (QED) is 0.461. The highest BCUT2D eigenvalue weighted by Gasteiger charge is 2.47. The number of hydrogen-bond donors (Lipinski definition) is 2. The maximum absolute atomic E-state index is 10.5. The monoisotopic (exact) mass is 339 g/mol. The van der Waals surface area contributed by atoms with Gasteiger partial charge in [0.2, 0.25) is 0 Å². The normalized spacial score (nSPS) is 28.5. The van der Waals surface area contributed by atoms with Crippen LogP contribution in [0.1, 0.15) is 84.0 Å². The molecule has 4 nitrogen and oxygen atoms in total. The van der Waals surface area contributed by atoms with Crippen molar-refractivity contribution in [1.29, 1.82) is 0 Å². The Kier molecular flexibility index (Phi) is 9.11. The van der Waals surface area contributed by atoms with Gasteiger partial charge >= 0.3 is 5.97 Å². The van der Waals surface area contributed by atoms with E-state index in [0.29, 0.717) is 24.5 Å². The summed E-state index contributed by atoms with van der Waals surface area (Å²) in [7, 11) is 0. The van der Waals surface area contributed by atoms with Gasteiger partial charge in [0.25, 0.3) is 0 Å². The Labute approximate surface area is 147 Å². The summed E-state index contributed by atoms with van der Waals surface area (Å²) in [5.74, 6) is 0.766. The van der Waals surface area contributed by atoms with E-state index in [4.69, 9.17) is 9.84 Å². The molecule has 0 aromatic carbocycles. The van der Waals surface area contributed by atoms with E-state index in [2.05, 4.69) is 12.2 Å². The summed E-state index contributed by atoms with van der Waals surface area (Å²) in [5.41, 5.74) is 0. The van der Waals surface area contributed by atoms with E-state index in [0.717, 1.165) is 31.8 Å². The fourth-order valence-electron chi connectivity index (χ4n) is 4.51. The molecule has 2 bridgehead atoms. The van der Waals surface area contributed by atoms with Crippen LogP contribution in [0, 0.1) is 11.8 Å². The first-order valence-corrected chi connectivity index (χ1v) is 10.3. The molecular weight excluding hydrogens is 302 g/mol. The lowest BCUT2D eigenvalue weighted by atomic mass is 9.76. The number of ether oxygens (including phenoxy) is 1. The van der Waals surface area contributed by atoms with Crippen molar-refractivity contribution in [3.63, 3.8) is 0 Å². The van der Waals surface area contributed by atoms with Crippen molar-refractivity contribution in [2.75, 3.05) is 13.1 Å². The molecule has 4 heteroatoms. The zero-order chi connectivity index (χ0) is 17.2. The summed E-state index contributed by atoms with van der Waals surface area (Å²) in [6.45, 7) is 4.53. The Morgan fingerprint density at radius 3 is 2.46 bits per heavy atom. The van der Waals surface area contributed by atoms with Crippen LogP contribution in [0.25, 0.3) is 0 Å². The number of hydrogen-bond acceptors (Lipinski definition) is 3. The standard InChI is InChI=1S/C20H37NO3/c1-2-3-4-9-14-21-15-17-16(18-12-13-19(17)24-18)10-7-5-6-8-11-20(22)23/h16-19,21H,2-15H2,1H3,(H,22,23)/t16-,17-,18+,19-/m0/s1. The van der Waals surface area contributed by atoms with Crippen molar-refractivity contribution in [2.24, 2.45) is 11.8 Å². The zero-order valence-corrected chi connectivity index (χ0v) is 15.5. The lowest BCUT2D eigenvalue weighted by Gasteiger charge is -2.28. The Morgan fingerprint density at radius 1 is 1.00 bits per heavy atom. The predicted molar refractivity (Wildman–Crippen MR) is 97.2 cm³/mol. The molecule has 0 saturated carbocycles. The number of carbonyl (C=O) groups is 1. The summed E-state index contributed by atoms with van der Waals surface area (Å²) < 4.78 is 6.19. The average molecular weight is 340 g/mol. The van der Waals surface area contributed by atoms with Gasteiger partial charge in [0, 0.05) is 18.9 Å². The molecule has 2 heterocycles. The molecule has 0 aliphatic carbocycles. The number of fused-ring (bicyclic) bond motifs is 2. The lowest BCUT2D eigenvalue weighted by molar-refractivity contribution is -0.137. The molecule has 2 N–H and O–H groups in total. The van der Waals surface area contributed by atoms with Crippen LogP contribution in [0.2, 0.25) is 0 Å². The molecule has 0 amide bonds. The third kappa shape index (κ3) is 6.36. The fourth-order valence-corrected chi connectivity index (χ4v) is 4.51. The van der Waals surface area contributed by atoms with Gasteiger partial charge in [0.05, 0.1) is 12.2 Å². The summed E-state index contributed by atoms with van der Waals surface area (Å²) in [5, 5.41) is 12.4. The minimum atomic E-state index is -0.665. The molecule has 0 radical (unpaired) electrons. The molecule has 2 rings (SSSR count). The van der Waals surface area contributed by atoms with Crippen molar-refractivity contribution in [2.45, 2.75) is 96.2 Å². The van der Waals surface area contributed by atoms with Crippen LogP contribution in [0.3, 0.4) is 0 Å². The highest BCUT2D eigenvalue weighted by Crippen LogP contribution is 2.45. The number of rotatable bonds is 14. The predicted octanol–water partition coefficient (Wildman–Crippen LogP) is 4.38. The Balaban J connectivity index is 1.59. The van der Waals surface area contributed by atoms with Crippen molar-refractivity contribution >= 4 is 5.97 Å². The molecule has 4 atom stereocenters. The third-order valence-corrected chi connectivity index (χ3v) is 5.86. The first kappa shape index (κ1) is 19.7. The van der Waals surface area contributed by atoms with Crippen molar-refractivity contribution in [1.82, 2.24) is 5.32 Å². The number of carboxylic acids is 1. The largest absolute Gasteiger partial charge is 0.481 e. The van der Waals surface area contributed by atoms with E-state index in [1.54, 1.807) is 0 Å². The Hall–Kier alpha value is -0.610. The molecule has 2 saturated heterocycles. The van der Waals surface area contributed by atoms with Crippen LogP contribution in [0.5, 0.6) is 0 Å². The second-order valence-corrected chi connectivity index (χ2v) is 7.73. The Morgan fingerprint density at radius 2 is 1.71 bits per heavy atom. The zero-order valence-electron chi connectivity index (χ0n) is 15.5. The number of nitrogens with one attached hydrogen (secondary N) is 1. The van der Waals surface area contributed by atoms with Crippen LogP contribution in [0.15, 0.2) is 0 Å². The van der Waals surface area contributed by atoms with Gasteiger partial charge in [0.1, 0.15) is 0 Å². The summed E-state index contributed by atoms with van der Waals surface area (Å²) in [6, 6.07) is 0. The van der Waals surface area contributed by atoms with Gasteiger partial charge in [-0.15, -0.1) is 0 Å². The molecular formula is C20H37NO3. The summed E-state index contributed by atoms with van der Waals surface area (Å²) in [4.78, 5) is 10.5. The molecule has 0 aromatic heterocycles. The molecule has 2 aliphatic heterocycles. The van der Waals surface area contributed by atoms with Crippen molar-refractivity contribution < 1.29 is 14.6 Å². The smallest absolute Gasteiger partial charge is 0.303 e. The van der Waals surface area contributed by atoms with E-state index in [9.17, 15) is 4.79 Å². The first-order chi connectivity index (χ1) is 11.7. The van der Waals surface area contributed by atoms with Gasteiger partial charge in [0.15, 0.2) is 0 Å². The maximum atomic E-state index is 10.5. The molecule has 0 aromatic rings. The Bertz CT molecular complexity index is 361. The minimum Gasteiger partial charge on any atom is -0.481 e. The first-order valence-electron chi connectivity index (χ1n) is 10.3. The molecule has 24 heavy (non-hydrogen) atoms. The molecule has 2 aliphatic rings. The highest BCUT2D eigenvalue weighted by atomic mass is 16.5. The van der Waals surface area contributed by atoms with E-state index < -0.39 is 5.97 Å². The SMILES string of the molecule is CCCCCCNC[C@H]1[C@H](CCCCCCC(=O)O)[C@H]2CC[C@@H]1O2. The number of aliphatic carboxylic acids is 1. The van der Waals surface area contributed by atoms with Crippen LogP contribution < -0.4 is 5.32 Å². The molecule has 0 unspecified atom stereocenters. The summed E-state index contributed by atoms with van der Waals surface area (Å²) >= 11 is 0. The maximum Gasteiger partial charge on any atom is 0.303 e. The van der Waals surface area contributed by atoms with Gasteiger partial charge in [-0.3, -0.25) is 4.79 Å². The molecule has 0 spiro atoms. The van der Waals surface area contributed by atoms with Crippen LogP contribution in [-0.2, 0) is 9.53 Å². The minimum absolute atomic E-state index is 0.321. The van der Waals surface area contributed by atoms with Crippen LogP contribution in [0.4, 0.5) is 0 Å². The van der Waals surface area contributed by atoms with Gasteiger partial charge in [-0.2, -0.15) is 0 Å². The van der Waals surface area contributed by atoms with Gasteiger partial charge in [-0.05, 0) is 44.6 Å². The van der Waals surface area contributed by atoms with Gasteiger partial charge < -0.3 is 15.2 Å². The summed E-state index contributed by atoms with van der Waals surface area (Å²) in [6.07, 6.45) is 14.6. The number of unbranched alkanes of at least 4 members (excludes halogenated alkanes) is 6. The number of carboxylic acid groups (broad SMARTS) is 1. The topological polar surface area (TPSA) is 58.6 Å². The fraction of sp³-hybridized carbons (Fsp3) is 0.950. The van der Waals surface area contributed by atoms with Crippen LogP contribution in [-0.4, -0.2) is 36.4 Å². The van der Waals surface area contributed by atoms with Crippen LogP contribution >= 0.6 is 0 Å². The lowest BCUT2D eigenvalue weighted by Crippen LogP contribution is -2.36. The van der Waals surface area contributed by atoms with Crippen molar-refractivity contribution in [3.05, 3.63) is 0 Å². The van der Waals surface area contributed by atoms with E-state index in [1.807, 2.05) is 0 Å². The molecule has 2 fully saturated rings. The average Bonchev–Trinajstić information content (AvgIpc) is 3.15. The second kappa shape index (κ2) is 11.1. The second-order valence-electron chi connectivity index (χ2n) is 7.73. The highest BCUT2D eigenvalue weighted by molar-refractivity contribution is 5.66. The van der Waals surface area contributed by atoms with Gasteiger partial charge in [-0.25, -0.2) is 0 Å². The van der Waals surface area contributed by atoms with E-state index in [-0.39, 0.29) is 0 Å². The van der Waals surface area contributed by atoms with Crippen molar-refractivity contribution in [3.8, 4) is 0 Å². The molecule has 140 valence electrons.